The first-order valence-corrected chi connectivity index (χ1v) is 7.21. The largest absolute Gasteiger partial charge is 0.360 e. The molecule has 0 unspecified atom stereocenters. The smallest absolute Gasteiger partial charge is 0.289 e. The van der Waals surface area contributed by atoms with Crippen LogP contribution in [-0.4, -0.2) is 41.9 Å². The Kier molecular flexibility index (Phi) is 5.51. The van der Waals surface area contributed by atoms with Crippen molar-refractivity contribution in [2.75, 3.05) is 31.5 Å². The van der Waals surface area contributed by atoms with Crippen LogP contribution < -0.4 is 10.6 Å². The molecule has 120 valence electrons. The zero-order valence-corrected chi connectivity index (χ0v) is 12.8. The lowest BCUT2D eigenvalue weighted by atomic mass is 10.2. The highest BCUT2D eigenvalue weighted by molar-refractivity contribution is 6.32. The number of nitro groups is 1. The topological polar surface area (TPSA) is 111 Å². The number of halogens is 1. The molecule has 0 saturated carbocycles. The van der Waals surface area contributed by atoms with Crippen LogP contribution in [0, 0.1) is 21.4 Å². The van der Waals surface area contributed by atoms with Gasteiger partial charge in [-0.3, -0.25) is 14.9 Å². The van der Waals surface area contributed by atoms with Crippen molar-refractivity contribution in [3.8, 4) is 6.07 Å². The van der Waals surface area contributed by atoms with Gasteiger partial charge in [-0.15, -0.1) is 0 Å². The van der Waals surface area contributed by atoms with E-state index in [4.69, 9.17) is 16.9 Å². The van der Waals surface area contributed by atoms with Gasteiger partial charge in [-0.05, 0) is 12.1 Å². The van der Waals surface area contributed by atoms with E-state index in [1.165, 1.54) is 24.4 Å². The summed E-state index contributed by atoms with van der Waals surface area (Å²) in [7, 11) is 0. The quantitative estimate of drug-likeness (QED) is 0.373. The molecule has 1 aromatic rings. The second-order valence-electron chi connectivity index (χ2n) is 4.78. The lowest BCUT2D eigenvalue weighted by Crippen LogP contribution is -2.46. The Morgan fingerprint density at radius 2 is 2.17 bits per heavy atom. The van der Waals surface area contributed by atoms with Crippen LogP contribution in [0.5, 0.6) is 0 Å². The molecule has 1 aromatic carbocycles. The highest BCUT2D eigenvalue weighted by atomic mass is 35.5. The Morgan fingerprint density at radius 3 is 2.78 bits per heavy atom. The number of nitriles is 1. The van der Waals surface area contributed by atoms with Gasteiger partial charge in [0.15, 0.2) is 0 Å². The lowest BCUT2D eigenvalue weighted by Gasteiger charge is -2.27. The van der Waals surface area contributed by atoms with E-state index in [-0.39, 0.29) is 22.2 Å². The molecule has 0 aromatic heterocycles. The molecule has 1 amide bonds. The Morgan fingerprint density at radius 1 is 1.48 bits per heavy atom. The van der Waals surface area contributed by atoms with Gasteiger partial charge in [0, 0.05) is 44.1 Å². The van der Waals surface area contributed by atoms with Crippen LogP contribution in [0.1, 0.15) is 0 Å². The first kappa shape index (κ1) is 16.7. The number of benzene rings is 1. The van der Waals surface area contributed by atoms with Gasteiger partial charge in [-0.2, -0.15) is 5.26 Å². The van der Waals surface area contributed by atoms with E-state index in [1.54, 1.807) is 4.90 Å². The molecule has 9 heteroatoms. The molecular weight excluding hydrogens is 322 g/mol. The van der Waals surface area contributed by atoms with Crippen molar-refractivity contribution >= 4 is 28.9 Å². The van der Waals surface area contributed by atoms with Gasteiger partial charge in [-0.1, -0.05) is 11.6 Å². The van der Waals surface area contributed by atoms with Crippen LogP contribution in [0.3, 0.4) is 0 Å². The Balaban J connectivity index is 2.13. The van der Waals surface area contributed by atoms with E-state index in [1.807, 2.05) is 6.07 Å². The maximum atomic E-state index is 12.2. The van der Waals surface area contributed by atoms with E-state index in [2.05, 4.69) is 10.6 Å². The van der Waals surface area contributed by atoms with Gasteiger partial charge in [0.1, 0.15) is 16.7 Å². The summed E-state index contributed by atoms with van der Waals surface area (Å²) in [5, 5.41) is 25.8. The predicted molar refractivity (Wildman–Crippen MR) is 84.9 cm³/mol. The standard InChI is InChI=1S/C14H14ClN5O3/c15-12-2-1-11(7-13(12)20(22)23)18-9-10(8-16)14(21)19-5-3-17-4-6-19/h1-2,7,9,17-18H,3-6H2/b10-9-. The van der Waals surface area contributed by atoms with Gasteiger partial charge in [-0.25, -0.2) is 0 Å². The average molecular weight is 336 g/mol. The summed E-state index contributed by atoms with van der Waals surface area (Å²) in [6.45, 7) is 2.43. The number of anilines is 1. The van der Waals surface area contributed by atoms with Crippen LogP contribution in [0.4, 0.5) is 11.4 Å². The minimum Gasteiger partial charge on any atom is -0.360 e. The van der Waals surface area contributed by atoms with Gasteiger partial charge < -0.3 is 15.5 Å². The van der Waals surface area contributed by atoms with Crippen LogP contribution in [0.25, 0.3) is 0 Å². The van der Waals surface area contributed by atoms with E-state index in [0.29, 0.717) is 31.9 Å². The molecular formula is C14H14ClN5O3. The third kappa shape index (κ3) is 4.18. The third-order valence-corrected chi connectivity index (χ3v) is 3.60. The predicted octanol–water partition coefficient (Wildman–Crippen LogP) is 1.50. The second-order valence-corrected chi connectivity index (χ2v) is 5.19. The van der Waals surface area contributed by atoms with E-state index in [9.17, 15) is 14.9 Å². The van der Waals surface area contributed by atoms with E-state index in [0.717, 1.165) is 0 Å². The van der Waals surface area contributed by atoms with Crippen LogP contribution >= 0.6 is 11.6 Å². The number of nitrogens with one attached hydrogen (secondary N) is 2. The maximum Gasteiger partial charge on any atom is 0.289 e. The molecule has 0 atom stereocenters. The van der Waals surface area contributed by atoms with Crippen molar-refractivity contribution < 1.29 is 9.72 Å². The minimum absolute atomic E-state index is 0.0157. The maximum absolute atomic E-state index is 12.2. The van der Waals surface area contributed by atoms with Gasteiger partial charge in [0.2, 0.25) is 0 Å². The number of nitro benzene ring substituents is 1. The molecule has 0 radical (unpaired) electrons. The summed E-state index contributed by atoms with van der Waals surface area (Å²) >= 11 is 5.73. The molecule has 0 bridgehead atoms. The summed E-state index contributed by atoms with van der Waals surface area (Å²) in [4.78, 5) is 24.0. The van der Waals surface area contributed by atoms with Crippen molar-refractivity contribution in [1.29, 1.82) is 5.26 Å². The molecule has 0 aliphatic carbocycles. The fourth-order valence-corrected chi connectivity index (χ4v) is 2.26. The van der Waals surface area contributed by atoms with Gasteiger partial charge in [0.25, 0.3) is 11.6 Å². The first-order chi connectivity index (χ1) is 11.0. The number of hydrogen-bond donors (Lipinski definition) is 2. The Labute approximate surface area is 137 Å². The van der Waals surface area contributed by atoms with Crippen molar-refractivity contribution in [2.24, 2.45) is 0 Å². The van der Waals surface area contributed by atoms with Crippen molar-refractivity contribution in [2.45, 2.75) is 0 Å². The summed E-state index contributed by atoms with van der Waals surface area (Å²) < 4.78 is 0. The Hall–Kier alpha value is -2.63. The number of carbonyl (C=O) groups is 1. The van der Waals surface area contributed by atoms with E-state index >= 15 is 0 Å². The normalized spacial score (nSPS) is 15.0. The summed E-state index contributed by atoms with van der Waals surface area (Å²) in [5.41, 5.74) is 0.0449. The van der Waals surface area contributed by atoms with E-state index < -0.39 is 4.92 Å². The SMILES string of the molecule is N#C/C(=C/Nc1ccc(Cl)c([N+](=O)[O-])c1)C(=O)N1CCNCC1. The number of piperazine rings is 1. The molecule has 1 saturated heterocycles. The first-order valence-electron chi connectivity index (χ1n) is 6.83. The monoisotopic (exact) mass is 335 g/mol. The van der Waals surface area contributed by atoms with Gasteiger partial charge >= 0.3 is 0 Å². The van der Waals surface area contributed by atoms with Gasteiger partial charge in [0.05, 0.1) is 4.92 Å². The molecule has 2 rings (SSSR count). The average Bonchev–Trinajstić information content (AvgIpc) is 2.57. The summed E-state index contributed by atoms with van der Waals surface area (Å²) in [6.07, 6.45) is 1.25. The fraction of sp³-hybridized carbons (Fsp3) is 0.286. The molecule has 23 heavy (non-hydrogen) atoms. The number of amides is 1. The zero-order valence-electron chi connectivity index (χ0n) is 12.1. The zero-order chi connectivity index (χ0) is 16.8. The van der Waals surface area contributed by atoms with Crippen molar-refractivity contribution in [3.63, 3.8) is 0 Å². The van der Waals surface area contributed by atoms with Crippen LogP contribution in [-0.2, 0) is 4.79 Å². The molecule has 0 spiro atoms. The van der Waals surface area contributed by atoms with Crippen LogP contribution in [0.2, 0.25) is 5.02 Å². The fourth-order valence-electron chi connectivity index (χ4n) is 2.08. The highest BCUT2D eigenvalue weighted by Crippen LogP contribution is 2.27. The number of nitrogens with zero attached hydrogens (tertiary/aromatic N) is 3. The summed E-state index contributed by atoms with van der Waals surface area (Å²) in [6, 6.07) is 5.98. The number of carbonyl (C=O) groups excluding carboxylic acids is 1. The second kappa shape index (κ2) is 7.58. The molecule has 8 nitrogen and oxygen atoms in total. The molecule has 1 aliphatic heterocycles. The lowest BCUT2D eigenvalue weighted by molar-refractivity contribution is -0.384. The molecule has 1 heterocycles. The molecule has 2 N–H and O–H groups in total. The molecule has 1 fully saturated rings. The number of hydrogen-bond acceptors (Lipinski definition) is 6. The van der Waals surface area contributed by atoms with Crippen molar-refractivity contribution in [1.82, 2.24) is 10.2 Å². The number of rotatable bonds is 4. The third-order valence-electron chi connectivity index (χ3n) is 3.28. The highest BCUT2D eigenvalue weighted by Gasteiger charge is 2.20. The molecule has 1 aliphatic rings. The van der Waals surface area contributed by atoms with Crippen LogP contribution in [0.15, 0.2) is 30.0 Å². The minimum atomic E-state index is -0.603. The van der Waals surface area contributed by atoms with Crippen molar-refractivity contribution in [3.05, 3.63) is 45.1 Å². The summed E-state index contributed by atoms with van der Waals surface area (Å²) in [5.74, 6) is -0.370. The Bertz CT molecular complexity index is 692.